The van der Waals surface area contributed by atoms with Crippen molar-refractivity contribution in [3.8, 4) is 0 Å². The van der Waals surface area contributed by atoms with Gasteiger partial charge in [-0.2, -0.15) is 0 Å². The number of likely N-dealkylation sites (tertiary alicyclic amines) is 1. The average Bonchev–Trinajstić information content (AvgIpc) is 2.68. The first-order chi connectivity index (χ1) is 9.72. The molecule has 0 spiro atoms. The smallest absolute Gasteiger partial charge is 0.0341 e. The second-order valence-electron chi connectivity index (χ2n) is 6.07. The molecule has 3 rings (SSSR count). The van der Waals surface area contributed by atoms with E-state index < -0.39 is 0 Å². The standard InChI is InChI=1S/C16H24BrN3/c1-19-15-6-7-16(19)12-20(10-8-15)11-9-18-14-4-2-13(17)3-5-14/h2-5,15-16,18H,6-12H2,1H3. The van der Waals surface area contributed by atoms with Gasteiger partial charge < -0.3 is 5.32 Å². The molecule has 2 aliphatic heterocycles. The van der Waals surface area contributed by atoms with Crippen molar-refractivity contribution in [3.63, 3.8) is 0 Å². The van der Waals surface area contributed by atoms with Crippen LogP contribution in [-0.2, 0) is 0 Å². The van der Waals surface area contributed by atoms with Gasteiger partial charge in [-0.05, 0) is 57.1 Å². The fraction of sp³-hybridized carbons (Fsp3) is 0.625. The summed E-state index contributed by atoms with van der Waals surface area (Å²) in [5.74, 6) is 0. The Balaban J connectivity index is 1.46. The molecule has 0 saturated carbocycles. The van der Waals surface area contributed by atoms with Crippen molar-refractivity contribution in [1.29, 1.82) is 0 Å². The summed E-state index contributed by atoms with van der Waals surface area (Å²) in [7, 11) is 2.31. The number of halogens is 1. The molecule has 0 radical (unpaired) electrons. The van der Waals surface area contributed by atoms with Crippen LogP contribution in [0.25, 0.3) is 0 Å². The van der Waals surface area contributed by atoms with E-state index in [4.69, 9.17) is 0 Å². The molecule has 2 heterocycles. The van der Waals surface area contributed by atoms with Crippen molar-refractivity contribution in [3.05, 3.63) is 28.7 Å². The van der Waals surface area contributed by atoms with Gasteiger partial charge in [0.25, 0.3) is 0 Å². The van der Waals surface area contributed by atoms with Gasteiger partial charge in [0.15, 0.2) is 0 Å². The lowest BCUT2D eigenvalue weighted by Crippen LogP contribution is -2.38. The molecule has 4 heteroatoms. The fourth-order valence-electron chi connectivity index (χ4n) is 3.51. The van der Waals surface area contributed by atoms with E-state index in [2.05, 4.69) is 62.4 Å². The summed E-state index contributed by atoms with van der Waals surface area (Å²) in [6, 6.07) is 10.1. The molecule has 0 amide bonds. The fourth-order valence-corrected chi connectivity index (χ4v) is 3.77. The van der Waals surface area contributed by atoms with Gasteiger partial charge in [0, 0.05) is 41.9 Å². The van der Waals surface area contributed by atoms with Gasteiger partial charge >= 0.3 is 0 Å². The van der Waals surface area contributed by atoms with Gasteiger partial charge in [-0.25, -0.2) is 0 Å². The molecule has 2 aliphatic rings. The summed E-state index contributed by atoms with van der Waals surface area (Å²) >= 11 is 3.47. The van der Waals surface area contributed by atoms with Crippen LogP contribution in [0.1, 0.15) is 19.3 Å². The topological polar surface area (TPSA) is 18.5 Å². The number of anilines is 1. The maximum Gasteiger partial charge on any atom is 0.0341 e. The lowest BCUT2D eigenvalue weighted by molar-refractivity contribution is 0.223. The van der Waals surface area contributed by atoms with Crippen molar-refractivity contribution >= 4 is 21.6 Å². The molecule has 2 unspecified atom stereocenters. The van der Waals surface area contributed by atoms with Crippen LogP contribution in [0.15, 0.2) is 28.7 Å². The number of nitrogens with one attached hydrogen (secondary N) is 1. The number of hydrogen-bond acceptors (Lipinski definition) is 3. The Morgan fingerprint density at radius 2 is 1.90 bits per heavy atom. The maximum atomic E-state index is 3.52. The van der Waals surface area contributed by atoms with E-state index in [1.807, 2.05) is 0 Å². The summed E-state index contributed by atoms with van der Waals surface area (Å²) < 4.78 is 1.13. The first-order valence-corrected chi connectivity index (χ1v) is 8.45. The Labute approximate surface area is 130 Å². The van der Waals surface area contributed by atoms with Gasteiger partial charge in [0.1, 0.15) is 0 Å². The molecule has 2 bridgehead atoms. The molecule has 0 aliphatic carbocycles. The summed E-state index contributed by atoms with van der Waals surface area (Å²) in [4.78, 5) is 5.24. The van der Waals surface area contributed by atoms with Crippen molar-refractivity contribution in [1.82, 2.24) is 9.80 Å². The first kappa shape index (κ1) is 14.4. The Kier molecular flexibility index (Phi) is 4.64. The minimum atomic E-state index is 0.787. The van der Waals surface area contributed by atoms with E-state index in [-0.39, 0.29) is 0 Å². The zero-order valence-corrected chi connectivity index (χ0v) is 13.8. The highest BCUT2D eigenvalue weighted by atomic mass is 79.9. The molecule has 1 aromatic carbocycles. The maximum absolute atomic E-state index is 3.52. The highest BCUT2D eigenvalue weighted by molar-refractivity contribution is 9.10. The van der Waals surface area contributed by atoms with E-state index in [0.717, 1.165) is 29.6 Å². The zero-order chi connectivity index (χ0) is 13.9. The van der Waals surface area contributed by atoms with E-state index in [1.165, 1.54) is 38.0 Å². The number of benzene rings is 1. The highest BCUT2D eigenvalue weighted by Crippen LogP contribution is 2.28. The summed E-state index contributed by atoms with van der Waals surface area (Å²) in [6.07, 6.45) is 4.13. The van der Waals surface area contributed by atoms with Crippen molar-refractivity contribution in [2.75, 3.05) is 38.5 Å². The Morgan fingerprint density at radius 1 is 1.15 bits per heavy atom. The van der Waals surface area contributed by atoms with Crippen molar-refractivity contribution in [2.45, 2.75) is 31.3 Å². The Hall–Kier alpha value is -0.580. The lowest BCUT2D eigenvalue weighted by Gasteiger charge is -2.25. The Morgan fingerprint density at radius 3 is 2.70 bits per heavy atom. The number of rotatable bonds is 4. The van der Waals surface area contributed by atoms with Crippen LogP contribution in [0.3, 0.4) is 0 Å². The molecule has 20 heavy (non-hydrogen) atoms. The third-order valence-corrected chi connectivity index (χ3v) is 5.36. The van der Waals surface area contributed by atoms with Crippen LogP contribution in [0.4, 0.5) is 5.69 Å². The van der Waals surface area contributed by atoms with Crippen molar-refractivity contribution in [2.24, 2.45) is 0 Å². The zero-order valence-electron chi connectivity index (χ0n) is 12.2. The number of likely N-dealkylation sites (N-methyl/N-ethyl adjacent to an activating group) is 1. The van der Waals surface area contributed by atoms with Gasteiger partial charge in [0.2, 0.25) is 0 Å². The predicted molar refractivity (Wildman–Crippen MR) is 88.3 cm³/mol. The third kappa shape index (κ3) is 3.35. The van der Waals surface area contributed by atoms with Crippen LogP contribution in [0.5, 0.6) is 0 Å². The number of fused-ring (bicyclic) bond motifs is 2. The minimum absolute atomic E-state index is 0.787. The second kappa shape index (κ2) is 6.46. The van der Waals surface area contributed by atoms with Gasteiger partial charge in [0.05, 0.1) is 0 Å². The third-order valence-electron chi connectivity index (χ3n) is 4.83. The number of nitrogens with zero attached hydrogens (tertiary/aromatic N) is 2. The second-order valence-corrected chi connectivity index (χ2v) is 6.99. The SMILES string of the molecule is CN1C2CCC1CN(CCNc1ccc(Br)cc1)CC2. The molecule has 1 N–H and O–H groups in total. The first-order valence-electron chi connectivity index (χ1n) is 7.66. The van der Waals surface area contributed by atoms with Crippen LogP contribution < -0.4 is 5.32 Å². The lowest BCUT2D eigenvalue weighted by atomic mass is 10.1. The largest absolute Gasteiger partial charge is 0.384 e. The molecular weight excluding hydrogens is 314 g/mol. The molecule has 110 valence electrons. The number of hydrogen-bond donors (Lipinski definition) is 1. The Bertz CT molecular complexity index is 434. The highest BCUT2D eigenvalue weighted by Gasteiger charge is 2.34. The summed E-state index contributed by atoms with van der Waals surface area (Å²) in [5, 5.41) is 3.52. The van der Waals surface area contributed by atoms with E-state index in [1.54, 1.807) is 0 Å². The predicted octanol–water partition coefficient (Wildman–Crippen LogP) is 3.03. The molecule has 3 nitrogen and oxygen atoms in total. The average molecular weight is 338 g/mol. The molecule has 2 fully saturated rings. The molecule has 0 aromatic heterocycles. The van der Waals surface area contributed by atoms with Gasteiger partial charge in [-0.3, -0.25) is 9.80 Å². The summed E-state index contributed by atoms with van der Waals surface area (Å²) in [6.45, 7) is 4.68. The molecule has 2 atom stereocenters. The molecular formula is C16H24BrN3. The van der Waals surface area contributed by atoms with E-state index in [0.29, 0.717) is 0 Å². The molecule has 2 saturated heterocycles. The molecule has 1 aromatic rings. The monoisotopic (exact) mass is 337 g/mol. The normalized spacial score (nSPS) is 27.5. The van der Waals surface area contributed by atoms with Crippen LogP contribution in [0, 0.1) is 0 Å². The van der Waals surface area contributed by atoms with Gasteiger partial charge in [-0.1, -0.05) is 15.9 Å². The van der Waals surface area contributed by atoms with E-state index in [9.17, 15) is 0 Å². The van der Waals surface area contributed by atoms with Crippen LogP contribution in [-0.4, -0.2) is 55.1 Å². The van der Waals surface area contributed by atoms with Crippen LogP contribution in [0.2, 0.25) is 0 Å². The van der Waals surface area contributed by atoms with Crippen molar-refractivity contribution < 1.29 is 0 Å². The van der Waals surface area contributed by atoms with E-state index >= 15 is 0 Å². The van der Waals surface area contributed by atoms with Crippen LogP contribution >= 0.6 is 15.9 Å². The van der Waals surface area contributed by atoms with Gasteiger partial charge in [-0.15, -0.1) is 0 Å². The quantitative estimate of drug-likeness (QED) is 0.910. The minimum Gasteiger partial charge on any atom is -0.384 e. The summed E-state index contributed by atoms with van der Waals surface area (Å²) in [5.41, 5.74) is 1.21.